The monoisotopic (exact) mass is 481 g/mol. The van der Waals surface area contributed by atoms with Gasteiger partial charge in [0.25, 0.3) is 0 Å². The van der Waals surface area contributed by atoms with Crippen molar-refractivity contribution in [1.29, 1.82) is 0 Å². The molecule has 0 aromatic carbocycles. The van der Waals surface area contributed by atoms with Gasteiger partial charge in [0, 0.05) is 13.1 Å². The largest absolute Gasteiger partial charge is 0.480 e. The summed E-state index contributed by atoms with van der Waals surface area (Å²) < 4.78 is 0. The Kier molecular flexibility index (Phi) is 10.6. The number of nitrogens with zero attached hydrogens (tertiary/aromatic N) is 2. The highest BCUT2D eigenvalue weighted by atomic mass is 16.4. The summed E-state index contributed by atoms with van der Waals surface area (Å²) in [5.41, 5.74) is 10.5. The van der Waals surface area contributed by atoms with Gasteiger partial charge >= 0.3 is 5.97 Å². The van der Waals surface area contributed by atoms with Crippen molar-refractivity contribution in [2.75, 3.05) is 19.6 Å². The lowest BCUT2D eigenvalue weighted by molar-refractivity contribution is -0.143. The van der Waals surface area contributed by atoms with Gasteiger partial charge in [0.05, 0.1) is 6.04 Å². The van der Waals surface area contributed by atoms with E-state index in [1.165, 1.54) is 0 Å². The summed E-state index contributed by atoms with van der Waals surface area (Å²) in [7, 11) is 0. The van der Waals surface area contributed by atoms with E-state index in [1.54, 1.807) is 4.90 Å². The third-order valence-electron chi connectivity index (χ3n) is 6.55. The lowest BCUT2D eigenvalue weighted by atomic mass is 9.97. The number of rotatable bonds is 12. The Morgan fingerprint density at radius 1 is 1.18 bits per heavy atom. The van der Waals surface area contributed by atoms with Gasteiger partial charge in [-0.1, -0.05) is 20.3 Å². The number of carboxylic acid groups (broad SMARTS) is 1. The van der Waals surface area contributed by atoms with Crippen molar-refractivity contribution < 1.29 is 24.3 Å². The molecule has 2 saturated heterocycles. The first-order valence-corrected chi connectivity index (χ1v) is 12.1. The predicted molar refractivity (Wildman–Crippen MR) is 127 cm³/mol. The quantitative estimate of drug-likeness (QED) is 0.115. The van der Waals surface area contributed by atoms with E-state index in [9.17, 15) is 24.3 Å². The lowest BCUT2D eigenvalue weighted by Crippen LogP contribution is -2.58. The van der Waals surface area contributed by atoms with Crippen LogP contribution in [-0.4, -0.2) is 83.5 Å². The molecule has 12 heteroatoms. The molecule has 0 saturated carbocycles. The average molecular weight is 482 g/mol. The first-order chi connectivity index (χ1) is 16.1. The van der Waals surface area contributed by atoms with Crippen LogP contribution in [0.15, 0.2) is 4.99 Å². The number of hydrogen-bond donors (Lipinski definition) is 6. The summed E-state index contributed by atoms with van der Waals surface area (Å²) in [6.07, 6.45) is 4.02. The number of carbonyl (C=O) groups is 4. The molecule has 34 heavy (non-hydrogen) atoms. The van der Waals surface area contributed by atoms with Crippen molar-refractivity contribution >= 4 is 29.7 Å². The minimum Gasteiger partial charge on any atom is -0.480 e. The number of aliphatic imine (C=N–C) groups is 1. The number of nitrogens with two attached hydrogens (primary N) is 2. The smallest absolute Gasteiger partial charge is 0.326 e. The van der Waals surface area contributed by atoms with Gasteiger partial charge in [-0.15, -0.1) is 0 Å². The van der Waals surface area contributed by atoms with Crippen LogP contribution in [0.1, 0.15) is 58.8 Å². The summed E-state index contributed by atoms with van der Waals surface area (Å²) in [5, 5.41) is 18.0. The fraction of sp³-hybridized carbons (Fsp3) is 0.773. The number of nitrogens with one attached hydrogen (secondary N) is 3. The van der Waals surface area contributed by atoms with Crippen molar-refractivity contribution in [3.63, 3.8) is 0 Å². The first-order valence-electron chi connectivity index (χ1n) is 12.1. The Hall–Kier alpha value is -2.89. The molecule has 0 radical (unpaired) electrons. The third kappa shape index (κ3) is 7.57. The molecule has 192 valence electrons. The summed E-state index contributed by atoms with van der Waals surface area (Å²) in [6.45, 7) is 5.24. The van der Waals surface area contributed by atoms with Crippen LogP contribution in [0, 0.1) is 5.92 Å². The predicted octanol–water partition coefficient (Wildman–Crippen LogP) is -1.12. The maximum Gasteiger partial charge on any atom is 0.326 e. The van der Waals surface area contributed by atoms with Gasteiger partial charge in [-0.05, 0) is 51.0 Å². The highest BCUT2D eigenvalue weighted by Gasteiger charge is 2.39. The normalized spacial score (nSPS) is 22.5. The molecule has 2 aliphatic rings. The van der Waals surface area contributed by atoms with E-state index in [0.29, 0.717) is 32.2 Å². The second-order valence-electron chi connectivity index (χ2n) is 9.06. The van der Waals surface area contributed by atoms with Crippen molar-refractivity contribution in [2.24, 2.45) is 22.4 Å². The average Bonchev–Trinajstić information content (AvgIpc) is 3.50. The van der Waals surface area contributed by atoms with E-state index < -0.39 is 30.0 Å². The van der Waals surface area contributed by atoms with Crippen molar-refractivity contribution in [3.05, 3.63) is 0 Å². The summed E-state index contributed by atoms with van der Waals surface area (Å²) >= 11 is 0. The molecule has 2 fully saturated rings. The Balaban J connectivity index is 2.03. The van der Waals surface area contributed by atoms with Crippen LogP contribution in [0.25, 0.3) is 0 Å². The second-order valence-corrected chi connectivity index (χ2v) is 9.06. The van der Waals surface area contributed by atoms with Crippen LogP contribution in [0.4, 0.5) is 0 Å². The van der Waals surface area contributed by atoms with Gasteiger partial charge in [-0.25, -0.2) is 4.79 Å². The molecule has 5 atom stereocenters. The number of amides is 3. The molecular formula is C22H39N7O5. The zero-order valence-electron chi connectivity index (χ0n) is 20.1. The van der Waals surface area contributed by atoms with Gasteiger partial charge in [0.15, 0.2) is 5.96 Å². The molecule has 0 aromatic heterocycles. The van der Waals surface area contributed by atoms with E-state index in [0.717, 1.165) is 19.4 Å². The van der Waals surface area contributed by atoms with Crippen LogP contribution >= 0.6 is 0 Å². The number of likely N-dealkylation sites (tertiary alicyclic amines) is 1. The molecule has 3 amide bonds. The summed E-state index contributed by atoms with van der Waals surface area (Å²) in [4.78, 5) is 56.1. The number of carboxylic acids is 1. The van der Waals surface area contributed by atoms with Crippen LogP contribution in [-0.2, 0) is 19.2 Å². The third-order valence-corrected chi connectivity index (χ3v) is 6.55. The van der Waals surface area contributed by atoms with Crippen LogP contribution in [0.5, 0.6) is 0 Å². The molecular weight excluding hydrogens is 442 g/mol. The zero-order chi connectivity index (χ0) is 25.3. The van der Waals surface area contributed by atoms with E-state index in [2.05, 4.69) is 20.9 Å². The molecule has 0 spiro atoms. The molecule has 0 aromatic rings. The number of guanidine groups is 1. The lowest BCUT2D eigenvalue weighted by Gasteiger charge is -2.30. The van der Waals surface area contributed by atoms with E-state index in [4.69, 9.17) is 11.5 Å². The minimum absolute atomic E-state index is 0.0774. The highest BCUT2D eigenvalue weighted by molar-refractivity contribution is 5.94. The molecule has 0 bridgehead atoms. The van der Waals surface area contributed by atoms with Gasteiger partial charge < -0.3 is 37.4 Å². The van der Waals surface area contributed by atoms with Gasteiger partial charge in [-0.2, -0.15) is 0 Å². The Bertz CT molecular complexity index is 765. The van der Waals surface area contributed by atoms with Gasteiger partial charge in [-0.3, -0.25) is 19.4 Å². The summed E-state index contributed by atoms with van der Waals surface area (Å²) in [5.74, 6) is -2.52. The Morgan fingerprint density at radius 2 is 1.91 bits per heavy atom. The Labute approximate surface area is 200 Å². The highest BCUT2D eigenvalue weighted by Crippen LogP contribution is 2.21. The topological polar surface area (TPSA) is 192 Å². The maximum atomic E-state index is 13.1. The van der Waals surface area contributed by atoms with E-state index >= 15 is 0 Å². The number of carbonyl (C=O) groups excluding carboxylic acids is 3. The number of hydrogen-bond acceptors (Lipinski definition) is 6. The summed E-state index contributed by atoms with van der Waals surface area (Å²) in [6, 6.07) is -2.95. The molecule has 12 nitrogen and oxygen atoms in total. The molecule has 0 aliphatic carbocycles. The van der Waals surface area contributed by atoms with Gasteiger partial charge in [0.1, 0.15) is 18.1 Å². The number of aliphatic carboxylic acids is 1. The van der Waals surface area contributed by atoms with Crippen molar-refractivity contribution in [3.8, 4) is 0 Å². The fourth-order valence-corrected chi connectivity index (χ4v) is 4.37. The van der Waals surface area contributed by atoms with Crippen LogP contribution in [0.3, 0.4) is 0 Å². The zero-order valence-corrected chi connectivity index (χ0v) is 20.1. The standard InChI is InChI=1S/C22H39N7O5/c1-3-13(2)17(19(31)27-15(21(33)34)8-5-11-26-22(23)24)28-18(30)16-9-6-12-29(16)20(32)14-7-4-10-25-14/h13-17,25H,3-12H2,1-2H3,(H,27,31)(H,28,30)(H,33,34)(H4,23,24,26). The first kappa shape index (κ1) is 27.4. The van der Waals surface area contributed by atoms with Crippen LogP contribution < -0.4 is 27.4 Å². The minimum atomic E-state index is -1.18. The van der Waals surface area contributed by atoms with E-state index in [1.807, 2.05) is 13.8 Å². The fourth-order valence-electron chi connectivity index (χ4n) is 4.37. The van der Waals surface area contributed by atoms with Crippen molar-refractivity contribution in [2.45, 2.75) is 83.0 Å². The molecule has 8 N–H and O–H groups in total. The molecule has 5 unspecified atom stereocenters. The Morgan fingerprint density at radius 3 is 2.50 bits per heavy atom. The molecule has 2 heterocycles. The van der Waals surface area contributed by atoms with Crippen molar-refractivity contribution in [1.82, 2.24) is 20.9 Å². The van der Waals surface area contributed by atoms with Gasteiger partial charge in [0.2, 0.25) is 17.7 Å². The second kappa shape index (κ2) is 13.1. The molecule has 2 rings (SSSR count). The maximum absolute atomic E-state index is 13.1. The SMILES string of the molecule is CCC(C)C(NC(=O)C1CCCN1C(=O)C1CCCN1)C(=O)NC(CCCN=C(N)N)C(=O)O. The van der Waals surface area contributed by atoms with E-state index in [-0.39, 0.29) is 42.7 Å². The molecule has 2 aliphatic heterocycles. The van der Waals surface area contributed by atoms with Crippen LogP contribution in [0.2, 0.25) is 0 Å².